The number of benzene rings is 2. The number of rotatable bonds is 8. The van der Waals surface area contributed by atoms with Crippen molar-refractivity contribution in [3.8, 4) is 6.07 Å². The SMILES string of the molecule is Cc1cccc(C(C)C)c1NC(=O)/C(C#N)=C\NCCCc1ccccc1. The summed E-state index contributed by atoms with van der Waals surface area (Å²) in [6.45, 7) is 6.83. The largest absolute Gasteiger partial charge is 0.390 e. The van der Waals surface area contributed by atoms with E-state index in [9.17, 15) is 10.1 Å². The van der Waals surface area contributed by atoms with E-state index in [1.165, 1.54) is 11.8 Å². The third kappa shape index (κ3) is 6.00. The van der Waals surface area contributed by atoms with E-state index in [2.05, 4.69) is 36.6 Å². The Hall–Kier alpha value is -3.06. The summed E-state index contributed by atoms with van der Waals surface area (Å²) in [5, 5.41) is 15.3. The molecule has 140 valence electrons. The Labute approximate surface area is 161 Å². The molecule has 0 aliphatic rings. The van der Waals surface area contributed by atoms with Crippen LogP contribution in [0.1, 0.15) is 42.9 Å². The molecule has 0 spiro atoms. The molecular weight excluding hydrogens is 334 g/mol. The van der Waals surface area contributed by atoms with Gasteiger partial charge in [-0.15, -0.1) is 0 Å². The lowest BCUT2D eigenvalue weighted by Crippen LogP contribution is -2.19. The van der Waals surface area contributed by atoms with E-state index in [0.29, 0.717) is 6.54 Å². The molecule has 0 aromatic heterocycles. The molecule has 2 N–H and O–H groups in total. The second kappa shape index (κ2) is 10.2. The molecule has 0 aliphatic carbocycles. The highest BCUT2D eigenvalue weighted by Gasteiger charge is 2.14. The average Bonchev–Trinajstić information content (AvgIpc) is 2.66. The lowest BCUT2D eigenvalue weighted by molar-refractivity contribution is -0.112. The minimum atomic E-state index is -0.385. The molecule has 0 unspecified atom stereocenters. The molecule has 1 amide bonds. The Bertz CT molecular complexity index is 832. The normalized spacial score (nSPS) is 11.1. The first kappa shape index (κ1) is 20.3. The van der Waals surface area contributed by atoms with Gasteiger partial charge >= 0.3 is 0 Å². The van der Waals surface area contributed by atoms with Crippen molar-refractivity contribution in [3.05, 3.63) is 77.0 Å². The number of hydrogen-bond donors (Lipinski definition) is 2. The number of aryl methyl sites for hydroxylation is 2. The quantitative estimate of drug-likeness (QED) is 0.407. The number of hydrogen-bond acceptors (Lipinski definition) is 3. The van der Waals surface area contributed by atoms with E-state index < -0.39 is 0 Å². The predicted molar refractivity (Wildman–Crippen MR) is 110 cm³/mol. The molecule has 27 heavy (non-hydrogen) atoms. The second-order valence-electron chi connectivity index (χ2n) is 6.86. The Morgan fingerprint density at radius 2 is 1.89 bits per heavy atom. The molecular formula is C23H27N3O. The van der Waals surface area contributed by atoms with Crippen LogP contribution < -0.4 is 10.6 Å². The fourth-order valence-electron chi connectivity index (χ4n) is 2.89. The minimum absolute atomic E-state index is 0.0765. The zero-order valence-corrected chi connectivity index (χ0v) is 16.3. The van der Waals surface area contributed by atoms with Gasteiger partial charge in [0.2, 0.25) is 0 Å². The van der Waals surface area contributed by atoms with Gasteiger partial charge in [0.15, 0.2) is 0 Å². The van der Waals surface area contributed by atoms with Crippen LogP contribution in [0.4, 0.5) is 5.69 Å². The molecule has 0 heterocycles. The first-order valence-electron chi connectivity index (χ1n) is 9.31. The van der Waals surface area contributed by atoms with Crippen LogP contribution >= 0.6 is 0 Å². The van der Waals surface area contributed by atoms with Crippen LogP contribution in [-0.4, -0.2) is 12.5 Å². The maximum atomic E-state index is 12.5. The van der Waals surface area contributed by atoms with Crippen LogP contribution in [0.25, 0.3) is 0 Å². The van der Waals surface area contributed by atoms with Gasteiger partial charge in [0.25, 0.3) is 5.91 Å². The van der Waals surface area contributed by atoms with Gasteiger partial charge in [-0.25, -0.2) is 0 Å². The number of carbonyl (C=O) groups excluding carboxylic acids is 1. The maximum Gasteiger partial charge on any atom is 0.267 e. The van der Waals surface area contributed by atoms with Crippen molar-refractivity contribution in [3.63, 3.8) is 0 Å². The monoisotopic (exact) mass is 361 g/mol. The number of nitrogens with zero attached hydrogens (tertiary/aromatic N) is 1. The average molecular weight is 361 g/mol. The molecule has 0 saturated heterocycles. The smallest absolute Gasteiger partial charge is 0.267 e. The summed E-state index contributed by atoms with van der Waals surface area (Å²) in [7, 11) is 0. The molecule has 2 aromatic rings. The molecule has 4 nitrogen and oxygen atoms in total. The minimum Gasteiger partial charge on any atom is -0.390 e. The predicted octanol–water partition coefficient (Wildman–Crippen LogP) is 4.69. The second-order valence-corrected chi connectivity index (χ2v) is 6.86. The molecule has 0 atom stereocenters. The summed E-state index contributed by atoms with van der Waals surface area (Å²) in [5.41, 5.74) is 4.21. The summed E-state index contributed by atoms with van der Waals surface area (Å²) in [6.07, 6.45) is 3.39. The first-order chi connectivity index (χ1) is 13.0. The molecule has 0 bridgehead atoms. The van der Waals surface area contributed by atoms with Crippen LogP contribution in [0.5, 0.6) is 0 Å². The van der Waals surface area contributed by atoms with E-state index in [4.69, 9.17) is 0 Å². The van der Waals surface area contributed by atoms with Crippen molar-refractivity contribution in [2.75, 3.05) is 11.9 Å². The lowest BCUT2D eigenvalue weighted by atomic mass is 9.98. The van der Waals surface area contributed by atoms with Gasteiger partial charge in [-0.3, -0.25) is 4.79 Å². The molecule has 4 heteroatoms. The van der Waals surface area contributed by atoms with E-state index in [0.717, 1.165) is 29.7 Å². The van der Waals surface area contributed by atoms with Gasteiger partial charge in [0.1, 0.15) is 11.6 Å². The molecule has 2 aromatic carbocycles. The molecule has 0 fully saturated rings. The number of nitrogens with one attached hydrogen (secondary N) is 2. The molecule has 0 aliphatic heterocycles. The summed E-state index contributed by atoms with van der Waals surface area (Å²) < 4.78 is 0. The van der Waals surface area contributed by atoms with Gasteiger partial charge in [-0.05, 0) is 42.4 Å². The van der Waals surface area contributed by atoms with E-state index in [-0.39, 0.29) is 17.4 Å². The molecule has 0 saturated carbocycles. The van der Waals surface area contributed by atoms with E-state index >= 15 is 0 Å². The standard InChI is InChI=1S/C23H27N3O/c1-17(2)21-13-7-9-18(3)22(21)26-23(27)20(15-24)16-25-14-8-12-19-10-5-4-6-11-19/h4-7,9-11,13,16-17,25H,8,12,14H2,1-3H3,(H,26,27)/b20-16-. The van der Waals surface area contributed by atoms with Crippen molar-refractivity contribution in [1.29, 1.82) is 5.26 Å². The summed E-state index contributed by atoms with van der Waals surface area (Å²) in [4.78, 5) is 12.5. The van der Waals surface area contributed by atoms with E-state index in [1.54, 1.807) is 0 Å². The van der Waals surface area contributed by atoms with Crippen molar-refractivity contribution in [1.82, 2.24) is 5.32 Å². The zero-order valence-electron chi connectivity index (χ0n) is 16.3. The third-order valence-corrected chi connectivity index (χ3v) is 4.41. The Balaban J connectivity index is 1.94. The number of para-hydroxylation sites is 1. The highest BCUT2D eigenvalue weighted by atomic mass is 16.1. The third-order valence-electron chi connectivity index (χ3n) is 4.41. The van der Waals surface area contributed by atoms with Crippen molar-refractivity contribution in [2.24, 2.45) is 0 Å². The Morgan fingerprint density at radius 3 is 2.56 bits per heavy atom. The highest BCUT2D eigenvalue weighted by Crippen LogP contribution is 2.27. The number of anilines is 1. The van der Waals surface area contributed by atoms with Crippen molar-refractivity contribution < 1.29 is 4.79 Å². The van der Waals surface area contributed by atoms with Crippen LogP contribution in [0.15, 0.2) is 60.3 Å². The van der Waals surface area contributed by atoms with Crippen molar-refractivity contribution >= 4 is 11.6 Å². The Morgan fingerprint density at radius 1 is 1.15 bits per heavy atom. The van der Waals surface area contributed by atoms with Crippen LogP contribution in [0, 0.1) is 18.3 Å². The zero-order chi connectivity index (χ0) is 19.6. The summed E-state index contributed by atoms with van der Waals surface area (Å²) in [6, 6.07) is 18.2. The van der Waals surface area contributed by atoms with Crippen LogP contribution in [-0.2, 0) is 11.2 Å². The summed E-state index contributed by atoms with van der Waals surface area (Å²) >= 11 is 0. The van der Waals surface area contributed by atoms with Crippen LogP contribution in [0.2, 0.25) is 0 Å². The fraction of sp³-hybridized carbons (Fsp3) is 0.304. The van der Waals surface area contributed by atoms with Crippen molar-refractivity contribution in [2.45, 2.75) is 39.5 Å². The highest BCUT2D eigenvalue weighted by molar-refractivity contribution is 6.07. The van der Waals surface area contributed by atoms with Gasteiger partial charge in [0.05, 0.1) is 0 Å². The summed E-state index contributed by atoms with van der Waals surface area (Å²) in [5.74, 6) is -0.102. The molecule has 0 radical (unpaired) electrons. The van der Waals surface area contributed by atoms with E-state index in [1.807, 2.05) is 49.4 Å². The number of carbonyl (C=O) groups is 1. The Kier molecular flexibility index (Phi) is 7.63. The fourth-order valence-corrected chi connectivity index (χ4v) is 2.89. The lowest BCUT2D eigenvalue weighted by Gasteiger charge is -2.16. The van der Waals surface area contributed by atoms with Gasteiger partial charge in [-0.2, -0.15) is 5.26 Å². The first-order valence-corrected chi connectivity index (χ1v) is 9.31. The number of amides is 1. The number of nitriles is 1. The van der Waals surface area contributed by atoms with Gasteiger partial charge < -0.3 is 10.6 Å². The van der Waals surface area contributed by atoms with Gasteiger partial charge in [-0.1, -0.05) is 62.4 Å². The maximum absolute atomic E-state index is 12.5. The molecule has 2 rings (SSSR count). The van der Waals surface area contributed by atoms with Crippen LogP contribution in [0.3, 0.4) is 0 Å². The topological polar surface area (TPSA) is 64.9 Å². The van der Waals surface area contributed by atoms with Gasteiger partial charge in [0, 0.05) is 18.4 Å².